The van der Waals surface area contributed by atoms with E-state index in [4.69, 9.17) is 0 Å². The lowest BCUT2D eigenvalue weighted by atomic mass is 10.0. The Hall–Kier alpha value is -2.31. The summed E-state index contributed by atoms with van der Waals surface area (Å²) in [6, 6.07) is 3.68. The Kier molecular flexibility index (Phi) is 3.89. The maximum Gasteiger partial charge on any atom is 0.246 e. The molecule has 21 heavy (non-hydrogen) atoms. The van der Waals surface area contributed by atoms with Gasteiger partial charge in [-0.15, -0.1) is 10.2 Å². The van der Waals surface area contributed by atoms with Gasteiger partial charge in [0, 0.05) is 31.0 Å². The third-order valence-corrected chi connectivity index (χ3v) is 3.66. The van der Waals surface area contributed by atoms with Crippen molar-refractivity contribution < 1.29 is 4.79 Å². The van der Waals surface area contributed by atoms with Crippen LogP contribution in [0.5, 0.6) is 0 Å². The highest BCUT2D eigenvalue weighted by Gasteiger charge is 2.21. The second kappa shape index (κ2) is 5.99. The van der Waals surface area contributed by atoms with Crippen LogP contribution in [0.3, 0.4) is 0 Å². The number of nitrogens with zero attached hydrogens (tertiary/aromatic N) is 6. The number of hydrogen-bond acceptors (Lipinski definition) is 5. The summed E-state index contributed by atoms with van der Waals surface area (Å²) in [5.74, 6) is 1.11. The average molecular weight is 286 g/mol. The van der Waals surface area contributed by atoms with E-state index in [1.54, 1.807) is 12.4 Å². The molecule has 0 N–H and O–H groups in total. The number of hydrogen-bond donors (Lipinski definition) is 0. The van der Waals surface area contributed by atoms with Gasteiger partial charge in [0.05, 0.1) is 0 Å². The highest BCUT2D eigenvalue weighted by atomic mass is 16.2. The van der Waals surface area contributed by atoms with Crippen LogP contribution in [0.4, 0.5) is 0 Å². The Morgan fingerprint density at radius 2 is 2.38 bits per heavy atom. The zero-order valence-electron chi connectivity index (χ0n) is 12.0. The summed E-state index contributed by atoms with van der Waals surface area (Å²) in [6.07, 6.45) is 5.62. The molecule has 0 aromatic carbocycles. The molecule has 0 unspecified atom stereocenters. The lowest BCUT2D eigenvalue weighted by Gasteiger charge is -2.30. The first-order valence-electron chi connectivity index (χ1n) is 7.18. The van der Waals surface area contributed by atoms with Crippen LogP contribution in [0.1, 0.15) is 19.8 Å². The van der Waals surface area contributed by atoms with Gasteiger partial charge in [-0.2, -0.15) is 4.80 Å². The first kappa shape index (κ1) is 13.7. The molecule has 1 amide bonds. The molecule has 0 radical (unpaired) electrons. The molecule has 0 aliphatic carbocycles. The van der Waals surface area contributed by atoms with Gasteiger partial charge >= 0.3 is 0 Å². The Bertz CT molecular complexity index is 611. The monoisotopic (exact) mass is 286 g/mol. The zero-order valence-corrected chi connectivity index (χ0v) is 12.0. The number of amides is 1. The Balaban J connectivity index is 1.66. The normalized spacial score (nSPS) is 18.7. The van der Waals surface area contributed by atoms with Gasteiger partial charge in [-0.25, -0.2) is 0 Å². The zero-order chi connectivity index (χ0) is 14.7. The number of aromatic nitrogens is 5. The van der Waals surface area contributed by atoms with E-state index >= 15 is 0 Å². The van der Waals surface area contributed by atoms with Crippen molar-refractivity contribution in [2.24, 2.45) is 5.92 Å². The Morgan fingerprint density at radius 3 is 3.14 bits per heavy atom. The third-order valence-electron chi connectivity index (χ3n) is 3.66. The molecule has 0 bridgehead atoms. The second-order valence-corrected chi connectivity index (χ2v) is 5.47. The maximum atomic E-state index is 12.2. The predicted octanol–water partition coefficient (Wildman–Crippen LogP) is 0.994. The van der Waals surface area contributed by atoms with E-state index in [0.717, 1.165) is 25.1 Å². The number of likely N-dealkylation sites (tertiary alicyclic amines) is 1. The second-order valence-electron chi connectivity index (χ2n) is 5.47. The molecule has 3 heterocycles. The van der Waals surface area contributed by atoms with Crippen molar-refractivity contribution in [2.75, 3.05) is 13.1 Å². The van der Waals surface area contributed by atoms with Crippen molar-refractivity contribution in [2.45, 2.75) is 26.3 Å². The molecular weight excluding hydrogens is 268 g/mol. The fraction of sp³-hybridized carbons (Fsp3) is 0.500. The minimum Gasteiger partial charge on any atom is -0.341 e. The van der Waals surface area contributed by atoms with Crippen LogP contribution in [0.2, 0.25) is 0 Å². The predicted molar refractivity (Wildman–Crippen MR) is 76.0 cm³/mol. The fourth-order valence-electron chi connectivity index (χ4n) is 2.56. The molecule has 1 aliphatic heterocycles. The summed E-state index contributed by atoms with van der Waals surface area (Å²) in [5, 5.41) is 12.2. The Morgan fingerprint density at radius 1 is 1.48 bits per heavy atom. The van der Waals surface area contributed by atoms with E-state index in [9.17, 15) is 4.79 Å². The minimum absolute atomic E-state index is 0.0525. The van der Waals surface area contributed by atoms with Crippen molar-refractivity contribution in [3.05, 3.63) is 24.5 Å². The number of carbonyl (C=O) groups is 1. The first-order valence-corrected chi connectivity index (χ1v) is 7.18. The van der Waals surface area contributed by atoms with E-state index in [-0.39, 0.29) is 12.5 Å². The van der Waals surface area contributed by atoms with Crippen molar-refractivity contribution >= 4 is 5.91 Å². The Labute approximate surface area is 123 Å². The van der Waals surface area contributed by atoms with Crippen molar-refractivity contribution in [1.82, 2.24) is 30.1 Å². The molecule has 0 saturated carbocycles. The molecule has 3 rings (SSSR count). The van der Waals surface area contributed by atoms with Crippen LogP contribution < -0.4 is 0 Å². The standard InChI is InChI=1S/C14H18N6O/c1-11-4-3-7-19(9-11)13(21)10-20-17-14(16-18-20)12-5-2-6-15-8-12/h2,5-6,8,11H,3-4,7,9-10H2,1H3/t11-/m0/s1. The van der Waals surface area contributed by atoms with Gasteiger partial charge in [-0.05, 0) is 36.1 Å². The molecule has 7 nitrogen and oxygen atoms in total. The molecule has 2 aromatic rings. The summed E-state index contributed by atoms with van der Waals surface area (Å²) in [7, 11) is 0. The molecule has 110 valence electrons. The van der Waals surface area contributed by atoms with Crippen molar-refractivity contribution in [1.29, 1.82) is 0 Å². The maximum absolute atomic E-state index is 12.2. The molecular formula is C14H18N6O. The molecule has 1 fully saturated rings. The van der Waals surface area contributed by atoms with Gasteiger partial charge in [0.25, 0.3) is 0 Å². The topological polar surface area (TPSA) is 76.8 Å². The van der Waals surface area contributed by atoms with E-state index in [0.29, 0.717) is 11.7 Å². The van der Waals surface area contributed by atoms with Gasteiger partial charge in [-0.3, -0.25) is 9.78 Å². The van der Waals surface area contributed by atoms with Crippen LogP contribution in [-0.4, -0.2) is 49.1 Å². The molecule has 0 spiro atoms. The van der Waals surface area contributed by atoms with Gasteiger partial charge < -0.3 is 4.90 Å². The summed E-state index contributed by atoms with van der Waals surface area (Å²) < 4.78 is 0. The number of pyridine rings is 1. The SMILES string of the molecule is C[C@H]1CCCN(C(=O)Cn2nnc(-c3cccnc3)n2)C1. The van der Waals surface area contributed by atoms with Gasteiger partial charge in [0.15, 0.2) is 0 Å². The van der Waals surface area contributed by atoms with Gasteiger partial charge in [0.1, 0.15) is 6.54 Å². The number of tetrazole rings is 1. The largest absolute Gasteiger partial charge is 0.341 e. The summed E-state index contributed by atoms with van der Waals surface area (Å²) >= 11 is 0. The van der Waals surface area contributed by atoms with Crippen LogP contribution >= 0.6 is 0 Å². The van der Waals surface area contributed by atoms with Crippen LogP contribution in [0.15, 0.2) is 24.5 Å². The van der Waals surface area contributed by atoms with Crippen molar-refractivity contribution in [3.8, 4) is 11.4 Å². The summed E-state index contributed by atoms with van der Waals surface area (Å²) in [5.41, 5.74) is 0.794. The molecule has 7 heteroatoms. The number of piperidine rings is 1. The summed E-state index contributed by atoms with van der Waals surface area (Å²) in [6.45, 7) is 3.96. The molecule has 1 saturated heterocycles. The minimum atomic E-state index is 0.0525. The van der Waals surface area contributed by atoms with Crippen molar-refractivity contribution in [3.63, 3.8) is 0 Å². The smallest absolute Gasteiger partial charge is 0.246 e. The quantitative estimate of drug-likeness (QED) is 0.841. The van der Waals surface area contributed by atoms with E-state index < -0.39 is 0 Å². The van der Waals surface area contributed by atoms with Crippen LogP contribution in [0, 0.1) is 5.92 Å². The lowest BCUT2D eigenvalue weighted by Crippen LogP contribution is -2.41. The number of rotatable bonds is 3. The van der Waals surface area contributed by atoms with E-state index in [1.165, 1.54) is 11.2 Å². The third kappa shape index (κ3) is 3.24. The fourth-order valence-corrected chi connectivity index (χ4v) is 2.56. The van der Waals surface area contributed by atoms with E-state index in [1.807, 2.05) is 17.0 Å². The molecule has 1 aliphatic rings. The highest BCUT2D eigenvalue weighted by Crippen LogP contribution is 2.16. The first-order chi connectivity index (χ1) is 10.2. The number of carbonyl (C=O) groups excluding carboxylic acids is 1. The average Bonchev–Trinajstić information content (AvgIpc) is 2.97. The molecule has 1 atom stereocenters. The summed E-state index contributed by atoms with van der Waals surface area (Å²) in [4.78, 5) is 19.5. The van der Waals surface area contributed by atoms with Gasteiger partial charge in [0.2, 0.25) is 11.7 Å². The highest BCUT2D eigenvalue weighted by molar-refractivity contribution is 5.75. The van der Waals surface area contributed by atoms with Crippen LogP contribution in [0.25, 0.3) is 11.4 Å². The van der Waals surface area contributed by atoms with Gasteiger partial charge in [-0.1, -0.05) is 6.92 Å². The lowest BCUT2D eigenvalue weighted by molar-refractivity contribution is -0.134. The van der Waals surface area contributed by atoms with Crippen LogP contribution in [-0.2, 0) is 11.3 Å². The molecule has 2 aromatic heterocycles. The van der Waals surface area contributed by atoms with E-state index in [2.05, 4.69) is 27.3 Å².